The lowest BCUT2D eigenvalue weighted by atomic mass is 10.1. The average Bonchev–Trinajstić information content (AvgIpc) is 3.05. The number of hydrogen-bond acceptors (Lipinski definition) is 2. The van der Waals surface area contributed by atoms with Crippen molar-refractivity contribution in [1.29, 1.82) is 0 Å². The van der Waals surface area contributed by atoms with Crippen LogP contribution >= 0.6 is 0 Å². The van der Waals surface area contributed by atoms with Crippen molar-refractivity contribution < 1.29 is 0 Å². The van der Waals surface area contributed by atoms with Gasteiger partial charge in [0.05, 0.1) is 16.6 Å². The molecule has 2 aromatic carbocycles. The zero-order chi connectivity index (χ0) is 19.3. The number of rotatable bonds is 2. The van der Waals surface area contributed by atoms with Crippen molar-refractivity contribution in [1.82, 2.24) is 13.7 Å². The zero-order valence-corrected chi connectivity index (χ0v) is 15.9. The fraction of sp³-hybridized carbons (Fsp3) is 0.182. The lowest BCUT2D eigenvalue weighted by Gasteiger charge is -2.13. The third kappa shape index (κ3) is 2.54. The maximum Gasteiger partial charge on any atom is 0.330 e. The van der Waals surface area contributed by atoms with Gasteiger partial charge in [-0.25, -0.2) is 4.79 Å². The molecular weight excluding hydrogens is 338 g/mol. The molecule has 0 saturated carbocycles. The minimum absolute atomic E-state index is 0.281. The smallest absolute Gasteiger partial charge is 0.313 e. The Bertz CT molecular complexity index is 1310. The highest BCUT2D eigenvalue weighted by Crippen LogP contribution is 2.32. The first-order chi connectivity index (χ1) is 12.9. The van der Waals surface area contributed by atoms with Crippen LogP contribution in [0, 0.1) is 13.8 Å². The van der Waals surface area contributed by atoms with Gasteiger partial charge in [-0.3, -0.25) is 13.9 Å². The molecule has 0 atom stereocenters. The Hall–Kier alpha value is -3.34. The van der Waals surface area contributed by atoms with Gasteiger partial charge in [0.1, 0.15) is 0 Å². The molecule has 5 nitrogen and oxygen atoms in total. The van der Waals surface area contributed by atoms with Crippen molar-refractivity contribution in [3.8, 4) is 16.9 Å². The summed E-state index contributed by atoms with van der Waals surface area (Å²) in [5.74, 6) is 0. The second-order valence-corrected chi connectivity index (χ2v) is 6.97. The normalized spacial score (nSPS) is 11.3. The largest absolute Gasteiger partial charge is 0.330 e. The van der Waals surface area contributed by atoms with Gasteiger partial charge in [-0.1, -0.05) is 42.0 Å². The summed E-state index contributed by atoms with van der Waals surface area (Å²) in [6.45, 7) is 4.07. The van der Waals surface area contributed by atoms with E-state index < -0.39 is 0 Å². The summed E-state index contributed by atoms with van der Waals surface area (Å²) >= 11 is 0. The fourth-order valence-corrected chi connectivity index (χ4v) is 3.64. The van der Waals surface area contributed by atoms with Crippen LogP contribution in [0.15, 0.2) is 64.3 Å². The van der Waals surface area contributed by atoms with Crippen LogP contribution in [0.2, 0.25) is 0 Å². The maximum atomic E-state index is 13.0. The summed E-state index contributed by atoms with van der Waals surface area (Å²) in [4.78, 5) is 25.5. The highest BCUT2D eigenvalue weighted by molar-refractivity contribution is 5.95. The Balaban J connectivity index is 2.25. The molecule has 4 rings (SSSR count). The van der Waals surface area contributed by atoms with E-state index in [1.54, 1.807) is 7.05 Å². The van der Waals surface area contributed by atoms with Crippen LogP contribution in [0.25, 0.3) is 27.8 Å². The first-order valence-electron chi connectivity index (χ1n) is 8.84. The van der Waals surface area contributed by atoms with E-state index in [1.165, 1.54) is 16.2 Å². The van der Waals surface area contributed by atoms with Gasteiger partial charge >= 0.3 is 5.69 Å². The molecule has 0 aliphatic carbocycles. The van der Waals surface area contributed by atoms with Crippen molar-refractivity contribution in [2.24, 2.45) is 14.1 Å². The van der Waals surface area contributed by atoms with E-state index in [0.717, 1.165) is 28.1 Å². The van der Waals surface area contributed by atoms with Gasteiger partial charge in [-0.05, 0) is 37.1 Å². The van der Waals surface area contributed by atoms with Crippen molar-refractivity contribution in [2.45, 2.75) is 13.8 Å². The maximum absolute atomic E-state index is 13.0. The number of nitrogens with zero attached hydrogens (tertiary/aromatic N) is 3. The molecule has 4 aromatic rings. The highest BCUT2D eigenvalue weighted by atomic mass is 16.2. The van der Waals surface area contributed by atoms with Crippen LogP contribution in [0.1, 0.15) is 11.1 Å². The van der Waals surface area contributed by atoms with E-state index >= 15 is 0 Å². The van der Waals surface area contributed by atoms with Crippen LogP contribution in [0.5, 0.6) is 0 Å². The number of fused-ring (bicyclic) bond motifs is 1. The van der Waals surface area contributed by atoms with Gasteiger partial charge in [0.25, 0.3) is 5.56 Å². The molecule has 0 aliphatic rings. The first-order valence-corrected chi connectivity index (χ1v) is 8.84. The van der Waals surface area contributed by atoms with Crippen molar-refractivity contribution >= 4 is 10.9 Å². The molecule has 0 unspecified atom stereocenters. The Morgan fingerprint density at radius 3 is 2.30 bits per heavy atom. The molecule has 2 aromatic heterocycles. The van der Waals surface area contributed by atoms with E-state index in [2.05, 4.69) is 6.07 Å². The highest BCUT2D eigenvalue weighted by Gasteiger charge is 2.20. The number of hydrogen-bond donors (Lipinski definition) is 0. The summed E-state index contributed by atoms with van der Waals surface area (Å²) in [5.41, 5.74) is 4.96. The first kappa shape index (κ1) is 17.1. The minimum Gasteiger partial charge on any atom is -0.313 e. The van der Waals surface area contributed by atoms with Gasteiger partial charge in [-0.2, -0.15) is 0 Å². The molecule has 0 saturated heterocycles. The fourth-order valence-electron chi connectivity index (χ4n) is 3.64. The Kier molecular flexibility index (Phi) is 3.88. The third-order valence-electron chi connectivity index (χ3n) is 5.11. The summed E-state index contributed by atoms with van der Waals surface area (Å²) < 4.78 is 4.73. The van der Waals surface area contributed by atoms with Crippen molar-refractivity contribution in [3.63, 3.8) is 0 Å². The van der Waals surface area contributed by atoms with Gasteiger partial charge in [0, 0.05) is 26.0 Å². The van der Waals surface area contributed by atoms with Gasteiger partial charge in [-0.15, -0.1) is 0 Å². The molecule has 136 valence electrons. The van der Waals surface area contributed by atoms with Crippen LogP contribution in [-0.4, -0.2) is 13.7 Å². The Morgan fingerprint density at radius 2 is 1.59 bits per heavy atom. The molecule has 0 N–H and O–H groups in total. The predicted octanol–water partition coefficient (Wildman–Crippen LogP) is 3.31. The van der Waals surface area contributed by atoms with Gasteiger partial charge in [0.2, 0.25) is 0 Å². The van der Waals surface area contributed by atoms with Crippen LogP contribution in [0.4, 0.5) is 0 Å². The van der Waals surface area contributed by atoms with Crippen molar-refractivity contribution in [2.75, 3.05) is 0 Å². The van der Waals surface area contributed by atoms with E-state index in [-0.39, 0.29) is 11.2 Å². The van der Waals surface area contributed by atoms with Crippen LogP contribution in [0.3, 0.4) is 0 Å². The summed E-state index contributed by atoms with van der Waals surface area (Å²) in [6, 6.07) is 16.1. The second-order valence-electron chi connectivity index (χ2n) is 6.97. The number of para-hydroxylation sites is 1. The molecule has 0 radical (unpaired) electrons. The van der Waals surface area contributed by atoms with E-state index in [9.17, 15) is 9.59 Å². The standard InChI is InChI=1S/C22H21N3O2/c1-14-8-7-10-16(12-14)20-19-18(23(3)22(27)24(4)21(19)26)13-25(20)17-11-6-5-9-15(17)2/h5-13H,1-4H3. The minimum atomic E-state index is -0.328. The number of benzene rings is 2. The monoisotopic (exact) mass is 359 g/mol. The molecule has 0 fully saturated rings. The molecule has 0 spiro atoms. The molecule has 27 heavy (non-hydrogen) atoms. The molecule has 0 aliphatic heterocycles. The molecule has 2 heterocycles. The van der Waals surface area contributed by atoms with Crippen molar-refractivity contribution in [3.05, 3.63) is 86.7 Å². The average molecular weight is 359 g/mol. The summed E-state index contributed by atoms with van der Waals surface area (Å²) in [6.07, 6.45) is 1.89. The lowest BCUT2D eigenvalue weighted by molar-refractivity contribution is 0.714. The second kappa shape index (κ2) is 6.13. The summed E-state index contributed by atoms with van der Waals surface area (Å²) in [5, 5.41) is 0.549. The van der Waals surface area contributed by atoms with E-state index in [1.807, 2.05) is 67.1 Å². The Morgan fingerprint density at radius 1 is 0.852 bits per heavy atom. The quantitative estimate of drug-likeness (QED) is 0.551. The van der Waals surface area contributed by atoms with Crippen LogP contribution in [-0.2, 0) is 14.1 Å². The van der Waals surface area contributed by atoms with Crippen LogP contribution < -0.4 is 11.2 Å². The number of aryl methyl sites for hydroxylation is 3. The molecule has 0 amide bonds. The SMILES string of the molecule is Cc1cccc(-c2c3c(=O)n(C)c(=O)n(C)c3cn2-c2ccccc2C)c1. The molecular formula is C22H21N3O2. The van der Waals surface area contributed by atoms with Gasteiger partial charge < -0.3 is 4.57 Å². The Labute approximate surface area is 156 Å². The third-order valence-corrected chi connectivity index (χ3v) is 5.11. The molecule has 0 bridgehead atoms. The molecule has 5 heteroatoms. The zero-order valence-electron chi connectivity index (χ0n) is 15.9. The lowest BCUT2D eigenvalue weighted by Crippen LogP contribution is -2.36. The predicted molar refractivity (Wildman–Crippen MR) is 109 cm³/mol. The topological polar surface area (TPSA) is 48.9 Å². The van der Waals surface area contributed by atoms with E-state index in [0.29, 0.717) is 10.9 Å². The number of aromatic nitrogens is 3. The summed E-state index contributed by atoms with van der Waals surface area (Å²) in [7, 11) is 3.22. The van der Waals surface area contributed by atoms with Gasteiger partial charge in [0.15, 0.2) is 0 Å². The van der Waals surface area contributed by atoms with E-state index in [4.69, 9.17) is 0 Å².